The van der Waals surface area contributed by atoms with Crippen molar-refractivity contribution < 1.29 is 18.3 Å². The number of benzene rings is 1. The number of hydrogen-bond donors (Lipinski definition) is 0. The fraction of sp³-hybridized carbons (Fsp3) is 0.125. The van der Waals surface area contributed by atoms with Gasteiger partial charge < -0.3 is 4.74 Å². The standard InChI is InChI=1S/C8H4BrClF2O2/c9-5-2-1-4(3-13)7(6(5)10)14-8(11)12/h1-3,8H. The van der Waals surface area contributed by atoms with Crippen LogP contribution in [0.5, 0.6) is 5.75 Å². The molecule has 1 aromatic carbocycles. The Labute approximate surface area is 91.9 Å². The van der Waals surface area contributed by atoms with Gasteiger partial charge in [-0.1, -0.05) is 11.6 Å². The van der Waals surface area contributed by atoms with Gasteiger partial charge in [0.15, 0.2) is 12.0 Å². The topological polar surface area (TPSA) is 26.3 Å². The second-order valence-electron chi connectivity index (χ2n) is 2.28. The second kappa shape index (κ2) is 4.70. The van der Waals surface area contributed by atoms with Crippen molar-refractivity contribution in [3.8, 4) is 5.75 Å². The summed E-state index contributed by atoms with van der Waals surface area (Å²) in [4.78, 5) is 10.5. The van der Waals surface area contributed by atoms with Gasteiger partial charge in [0.05, 0.1) is 10.6 Å². The molecule has 0 unspecified atom stereocenters. The van der Waals surface area contributed by atoms with Crippen LogP contribution in [-0.4, -0.2) is 12.9 Å². The van der Waals surface area contributed by atoms with Gasteiger partial charge in [0.2, 0.25) is 0 Å². The molecule has 0 fully saturated rings. The molecular weight excluding hydrogens is 281 g/mol. The van der Waals surface area contributed by atoms with Crippen LogP contribution in [0, 0.1) is 0 Å². The van der Waals surface area contributed by atoms with E-state index in [2.05, 4.69) is 20.7 Å². The highest BCUT2D eigenvalue weighted by molar-refractivity contribution is 9.10. The van der Waals surface area contributed by atoms with Gasteiger partial charge in [-0.2, -0.15) is 8.78 Å². The molecule has 2 nitrogen and oxygen atoms in total. The van der Waals surface area contributed by atoms with Crippen LogP contribution in [0.2, 0.25) is 5.02 Å². The molecule has 0 atom stereocenters. The molecule has 0 aliphatic carbocycles. The molecule has 6 heteroatoms. The van der Waals surface area contributed by atoms with Gasteiger partial charge in [-0.15, -0.1) is 0 Å². The molecule has 76 valence electrons. The highest BCUT2D eigenvalue weighted by Crippen LogP contribution is 2.35. The number of carbonyl (C=O) groups is 1. The average molecular weight is 285 g/mol. The predicted molar refractivity (Wildman–Crippen MR) is 51.2 cm³/mol. The van der Waals surface area contributed by atoms with E-state index in [0.717, 1.165) is 0 Å². The Balaban J connectivity index is 3.20. The molecule has 0 aromatic heterocycles. The maximum Gasteiger partial charge on any atom is 0.387 e. The first-order chi connectivity index (χ1) is 6.56. The van der Waals surface area contributed by atoms with E-state index >= 15 is 0 Å². The van der Waals surface area contributed by atoms with Crippen LogP contribution in [0.15, 0.2) is 16.6 Å². The monoisotopic (exact) mass is 284 g/mol. The summed E-state index contributed by atoms with van der Waals surface area (Å²) in [6.07, 6.45) is 0.399. The van der Waals surface area contributed by atoms with Crippen LogP contribution in [0.25, 0.3) is 0 Å². The number of alkyl halides is 2. The summed E-state index contributed by atoms with van der Waals surface area (Å²) < 4.78 is 28.4. The molecule has 0 heterocycles. The fourth-order valence-corrected chi connectivity index (χ4v) is 1.38. The molecule has 0 N–H and O–H groups in total. The highest BCUT2D eigenvalue weighted by Gasteiger charge is 2.15. The molecule has 0 aliphatic heterocycles. The van der Waals surface area contributed by atoms with Crippen molar-refractivity contribution in [2.24, 2.45) is 0 Å². The van der Waals surface area contributed by atoms with Crippen LogP contribution in [-0.2, 0) is 0 Å². The summed E-state index contributed by atoms with van der Waals surface area (Å²) in [5.41, 5.74) is -0.0153. The molecular formula is C8H4BrClF2O2. The van der Waals surface area contributed by atoms with E-state index in [1.54, 1.807) is 0 Å². The Morgan fingerprint density at radius 3 is 2.64 bits per heavy atom. The van der Waals surface area contributed by atoms with E-state index in [1.165, 1.54) is 12.1 Å². The first-order valence-corrected chi connectivity index (χ1v) is 4.61. The maximum absolute atomic E-state index is 11.9. The summed E-state index contributed by atoms with van der Waals surface area (Å²) in [7, 11) is 0. The lowest BCUT2D eigenvalue weighted by Gasteiger charge is -2.09. The third-order valence-corrected chi connectivity index (χ3v) is 2.68. The largest absolute Gasteiger partial charge is 0.432 e. The van der Waals surface area contributed by atoms with Crippen LogP contribution in [0.3, 0.4) is 0 Å². The molecule has 0 saturated heterocycles. The zero-order chi connectivity index (χ0) is 10.7. The molecule has 0 amide bonds. The Morgan fingerprint density at radius 2 is 2.14 bits per heavy atom. The molecule has 0 saturated carbocycles. The number of ether oxygens (including phenoxy) is 1. The summed E-state index contributed by atoms with van der Waals surface area (Å²) in [5, 5.41) is -0.0464. The van der Waals surface area contributed by atoms with E-state index in [1.807, 2.05) is 0 Å². The van der Waals surface area contributed by atoms with Crippen LogP contribution < -0.4 is 4.74 Å². The predicted octanol–water partition coefficient (Wildman–Crippen LogP) is 3.52. The molecule has 0 bridgehead atoms. The Morgan fingerprint density at radius 1 is 1.50 bits per heavy atom. The zero-order valence-electron chi connectivity index (χ0n) is 6.64. The van der Waals surface area contributed by atoms with Crippen molar-refractivity contribution in [1.29, 1.82) is 0 Å². The lowest BCUT2D eigenvalue weighted by Crippen LogP contribution is -2.05. The van der Waals surface area contributed by atoms with Crippen LogP contribution >= 0.6 is 27.5 Å². The summed E-state index contributed by atoms with van der Waals surface area (Å²) in [6.45, 7) is -3.01. The zero-order valence-corrected chi connectivity index (χ0v) is 8.98. The third-order valence-electron chi connectivity index (χ3n) is 1.41. The van der Waals surface area contributed by atoms with Gasteiger partial charge in [0.1, 0.15) is 0 Å². The van der Waals surface area contributed by atoms with Crippen molar-refractivity contribution in [3.63, 3.8) is 0 Å². The first-order valence-electron chi connectivity index (χ1n) is 3.44. The van der Waals surface area contributed by atoms with E-state index < -0.39 is 6.61 Å². The minimum absolute atomic E-state index is 0.0153. The first kappa shape index (κ1) is 11.4. The van der Waals surface area contributed by atoms with Crippen LogP contribution in [0.4, 0.5) is 8.78 Å². The van der Waals surface area contributed by atoms with Crippen molar-refractivity contribution >= 4 is 33.8 Å². The second-order valence-corrected chi connectivity index (χ2v) is 3.51. The number of halogens is 4. The average Bonchev–Trinajstić information content (AvgIpc) is 2.13. The third kappa shape index (κ3) is 2.42. The molecule has 0 aliphatic rings. The van der Waals surface area contributed by atoms with Crippen LogP contribution in [0.1, 0.15) is 10.4 Å². The van der Waals surface area contributed by atoms with Gasteiger partial charge in [0.25, 0.3) is 0 Å². The number of carbonyl (C=O) groups excluding carboxylic acids is 1. The number of rotatable bonds is 3. The quantitative estimate of drug-likeness (QED) is 0.794. The van der Waals surface area contributed by atoms with Gasteiger partial charge in [-0.05, 0) is 28.1 Å². The van der Waals surface area contributed by atoms with E-state index in [9.17, 15) is 13.6 Å². The molecule has 0 radical (unpaired) electrons. The van der Waals surface area contributed by atoms with Gasteiger partial charge in [-0.3, -0.25) is 4.79 Å². The lowest BCUT2D eigenvalue weighted by molar-refractivity contribution is -0.0500. The minimum atomic E-state index is -3.01. The normalized spacial score (nSPS) is 10.4. The molecule has 1 aromatic rings. The molecule has 1 rings (SSSR count). The van der Waals surface area contributed by atoms with Gasteiger partial charge >= 0.3 is 6.61 Å². The van der Waals surface area contributed by atoms with Gasteiger partial charge in [0, 0.05) is 4.47 Å². The minimum Gasteiger partial charge on any atom is -0.432 e. The van der Waals surface area contributed by atoms with E-state index in [-0.39, 0.29) is 16.3 Å². The number of hydrogen-bond acceptors (Lipinski definition) is 2. The molecule has 14 heavy (non-hydrogen) atoms. The summed E-state index contributed by atoms with van der Waals surface area (Å²) >= 11 is 8.68. The van der Waals surface area contributed by atoms with E-state index in [4.69, 9.17) is 11.6 Å². The van der Waals surface area contributed by atoms with Crippen molar-refractivity contribution in [2.45, 2.75) is 6.61 Å². The Kier molecular flexibility index (Phi) is 3.83. The van der Waals surface area contributed by atoms with Crippen molar-refractivity contribution in [3.05, 3.63) is 27.2 Å². The van der Waals surface area contributed by atoms with Crippen molar-refractivity contribution in [2.75, 3.05) is 0 Å². The summed E-state index contributed by atoms with van der Waals surface area (Å²) in [5.74, 6) is -0.314. The SMILES string of the molecule is O=Cc1ccc(Br)c(Cl)c1OC(F)F. The Hall–Kier alpha value is -0.680. The lowest BCUT2D eigenvalue weighted by atomic mass is 10.2. The smallest absolute Gasteiger partial charge is 0.387 e. The fourth-order valence-electron chi connectivity index (χ4n) is 0.849. The Bertz CT molecular complexity index is 357. The van der Waals surface area contributed by atoms with E-state index in [0.29, 0.717) is 10.8 Å². The van der Waals surface area contributed by atoms with Crippen molar-refractivity contribution in [1.82, 2.24) is 0 Å². The number of aldehydes is 1. The summed E-state index contributed by atoms with van der Waals surface area (Å²) in [6, 6.07) is 2.81. The van der Waals surface area contributed by atoms with Gasteiger partial charge in [-0.25, -0.2) is 0 Å². The maximum atomic E-state index is 11.9. The molecule has 0 spiro atoms. The highest BCUT2D eigenvalue weighted by atomic mass is 79.9.